The molecule has 7 nitrogen and oxygen atoms in total. The summed E-state index contributed by atoms with van der Waals surface area (Å²) in [4.78, 5) is 28.3. The summed E-state index contributed by atoms with van der Waals surface area (Å²) in [5.41, 5.74) is 2.39. The van der Waals surface area contributed by atoms with Crippen LogP contribution in [0.15, 0.2) is 36.4 Å². The molecule has 2 aromatic carbocycles. The molecule has 10 heteroatoms. The number of amides is 2. The van der Waals surface area contributed by atoms with Crippen LogP contribution in [0.4, 0.5) is 5.69 Å². The van der Waals surface area contributed by atoms with Crippen molar-refractivity contribution in [1.82, 2.24) is 10.2 Å². The second-order valence-electron chi connectivity index (χ2n) is 9.40. The molecule has 1 aliphatic rings. The van der Waals surface area contributed by atoms with Crippen LogP contribution < -0.4 is 9.62 Å². The minimum atomic E-state index is -3.81. The maximum atomic E-state index is 13.8. The van der Waals surface area contributed by atoms with Gasteiger partial charge in [-0.15, -0.1) is 0 Å². The molecule has 0 aliphatic heterocycles. The van der Waals surface area contributed by atoms with Crippen molar-refractivity contribution >= 4 is 50.7 Å². The second kappa shape index (κ2) is 11.8. The summed E-state index contributed by atoms with van der Waals surface area (Å²) in [6.07, 6.45) is 4.97. The van der Waals surface area contributed by atoms with Crippen molar-refractivity contribution < 1.29 is 18.0 Å². The van der Waals surface area contributed by atoms with E-state index >= 15 is 0 Å². The van der Waals surface area contributed by atoms with Gasteiger partial charge in [0.1, 0.15) is 12.6 Å². The molecule has 0 spiro atoms. The Morgan fingerprint density at radius 3 is 2.08 bits per heavy atom. The van der Waals surface area contributed by atoms with Gasteiger partial charge in [0.25, 0.3) is 0 Å². The van der Waals surface area contributed by atoms with Crippen LogP contribution >= 0.6 is 23.2 Å². The monoisotopic (exact) mass is 553 g/mol. The van der Waals surface area contributed by atoms with E-state index in [1.165, 1.54) is 4.90 Å². The highest BCUT2D eigenvalue weighted by Gasteiger charge is 2.32. The number of anilines is 1. The predicted octanol–water partition coefficient (Wildman–Crippen LogP) is 4.85. The summed E-state index contributed by atoms with van der Waals surface area (Å²) in [5.74, 6) is -0.829. The van der Waals surface area contributed by atoms with Crippen LogP contribution in [0.2, 0.25) is 10.0 Å². The predicted molar refractivity (Wildman–Crippen MR) is 145 cm³/mol. The van der Waals surface area contributed by atoms with Crippen molar-refractivity contribution in [3.8, 4) is 0 Å². The first kappa shape index (κ1) is 28.3. The zero-order chi connectivity index (χ0) is 26.6. The van der Waals surface area contributed by atoms with Crippen LogP contribution in [-0.4, -0.2) is 50.0 Å². The zero-order valence-corrected chi connectivity index (χ0v) is 23.4. The Kier molecular flexibility index (Phi) is 9.30. The van der Waals surface area contributed by atoms with Gasteiger partial charge in [0.15, 0.2) is 0 Å². The minimum Gasteiger partial charge on any atom is -0.352 e. The number of para-hydroxylation sites is 1. The van der Waals surface area contributed by atoms with Crippen molar-refractivity contribution in [1.29, 1.82) is 0 Å². The highest BCUT2D eigenvalue weighted by molar-refractivity contribution is 7.92. The second-order valence-corrected chi connectivity index (χ2v) is 12.1. The molecule has 0 unspecified atom stereocenters. The van der Waals surface area contributed by atoms with Crippen molar-refractivity contribution in [2.75, 3.05) is 17.1 Å². The third-order valence-electron chi connectivity index (χ3n) is 6.63. The number of halogens is 2. The third-order valence-corrected chi connectivity index (χ3v) is 8.45. The van der Waals surface area contributed by atoms with Gasteiger partial charge in [0, 0.05) is 28.2 Å². The lowest BCUT2D eigenvalue weighted by atomic mass is 10.1. The summed E-state index contributed by atoms with van der Waals surface area (Å²) < 4.78 is 26.8. The van der Waals surface area contributed by atoms with E-state index in [0.29, 0.717) is 21.3 Å². The van der Waals surface area contributed by atoms with E-state index in [1.54, 1.807) is 51.1 Å². The molecule has 0 bridgehead atoms. The summed E-state index contributed by atoms with van der Waals surface area (Å²) in [7, 11) is -3.81. The number of hydrogen-bond acceptors (Lipinski definition) is 4. The van der Waals surface area contributed by atoms with Gasteiger partial charge in [0.05, 0.1) is 11.9 Å². The molecular weight excluding hydrogens is 521 g/mol. The van der Waals surface area contributed by atoms with Crippen LogP contribution in [-0.2, 0) is 26.2 Å². The maximum absolute atomic E-state index is 13.8. The van der Waals surface area contributed by atoms with Crippen molar-refractivity contribution in [2.45, 2.75) is 65.1 Å². The van der Waals surface area contributed by atoms with Gasteiger partial charge in [-0.05, 0) is 56.9 Å². The summed E-state index contributed by atoms with van der Waals surface area (Å²) in [6.45, 7) is 4.72. The van der Waals surface area contributed by atoms with E-state index in [4.69, 9.17) is 23.2 Å². The molecule has 196 valence electrons. The normalized spacial score (nSPS) is 14.9. The molecule has 1 saturated carbocycles. The number of carbonyl (C=O) groups excluding carboxylic acids is 2. The molecule has 3 rings (SSSR count). The molecule has 0 heterocycles. The van der Waals surface area contributed by atoms with Gasteiger partial charge in [-0.1, -0.05) is 60.3 Å². The van der Waals surface area contributed by atoms with Crippen LogP contribution in [0.3, 0.4) is 0 Å². The minimum absolute atomic E-state index is 0.0407. The topological polar surface area (TPSA) is 86.8 Å². The summed E-state index contributed by atoms with van der Waals surface area (Å²) >= 11 is 12.8. The van der Waals surface area contributed by atoms with E-state index in [1.807, 2.05) is 6.07 Å². The Bertz CT molecular complexity index is 1190. The average molecular weight is 555 g/mol. The van der Waals surface area contributed by atoms with E-state index < -0.39 is 28.5 Å². The quantitative estimate of drug-likeness (QED) is 0.480. The highest BCUT2D eigenvalue weighted by atomic mass is 35.5. The van der Waals surface area contributed by atoms with Gasteiger partial charge in [-0.3, -0.25) is 13.9 Å². The first-order valence-corrected chi connectivity index (χ1v) is 14.6. The number of hydrogen-bond donors (Lipinski definition) is 1. The molecule has 1 N–H and O–H groups in total. The van der Waals surface area contributed by atoms with E-state index in [2.05, 4.69) is 5.32 Å². The molecule has 1 aliphatic carbocycles. The Hall–Kier alpha value is -2.29. The number of sulfonamides is 1. The SMILES string of the molecule is Cc1cccc(C)c1N(CC(=O)N(Cc1c(Cl)cccc1Cl)[C@@H](C)C(=O)NC1CCCC1)S(C)(=O)=O. The Labute approximate surface area is 223 Å². The van der Waals surface area contributed by atoms with Crippen LogP contribution in [0.1, 0.15) is 49.3 Å². The Morgan fingerprint density at radius 2 is 1.56 bits per heavy atom. The number of rotatable bonds is 9. The van der Waals surface area contributed by atoms with E-state index in [-0.39, 0.29) is 18.5 Å². The molecule has 2 aromatic rings. The number of nitrogens with zero attached hydrogens (tertiary/aromatic N) is 2. The van der Waals surface area contributed by atoms with Gasteiger partial charge >= 0.3 is 0 Å². The Morgan fingerprint density at radius 1 is 1.03 bits per heavy atom. The van der Waals surface area contributed by atoms with Gasteiger partial charge in [-0.2, -0.15) is 0 Å². The summed E-state index contributed by atoms with van der Waals surface area (Å²) in [5, 5.41) is 3.75. The van der Waals surface area contributed by atoms with Crippen LogP contribution in [0, 0.1) is 13.8 Å². The fourth-order valence-electron chi connectivity index (χ4n) is 4.60. The lowest BCUT2D eigenvalue weighted by Gasteiger charge is -2.33. The average Bonchev–Trinajstić information content (AvgIpc) is 3.30. The molecule has 2 amide bonds. The van der Waals surface area contributed by atoms with Crippen molar-refractivity contribution in [3.05, 3.63) is 63.1 Å². The standard InChI is InChI=1S/C26H33Cl2N3O4S/c1-17-9-7-10-18(2)25(17)31(36(4,34)35)16-24(32)30(15-21-22(27)13-8-14-23(21)28)19(3)26(33)29-20-11-5-6-12-20/h7-10,13-14,19-20H,5-6,11-12,15-16H2,1-4H3,(H,29,33)/t19-/m0/s1. The molecular formula is C26H33Cl2N3O4S. The van der Waals surface area contributed by atoms with Gasteiger partial charge in [-0.25, -0.2) is 8.42 Å². The molecule has 0 saturated heterocycles. The van der Waals surface area contributed by atoms with Crippen molar-refractivity contribution in [2.24, 2.45) is 0 Å². The number of benzene rings is 2. The zero-order valence-electron chi connectivity index (χ0n) is 21.1. The first-order chi connectivity index (χ1) is 16.9. The third kappa shape index (κ3) is 6.72. The number of nitrogens with one attached hydrogen (secondary N) is 1. The number of carbonyl (C=O) groups is 2. The fraction of sp³-hybridized carbons (Fsp3) is 0.462. The fourth-order valence-corrected chi connectivity index (χ4v) is 6.08. The molecule has 0 aromatic heterocycles. The molecule has 1 fully saturated rings. The van der Waals surface area contributed by atoms with Crippen LogP contribution in [0.5, 0.6) is 0 Å². The largest absolute Gasteiger partial charge is 0.352 e. The smallest absolute Gasteiger partial charge is 0.244 e. The highest BCUT2D eigenvalue weighted by Crippen LogP contribution is 2.29. The van der Waals surface area contributed by atoms with Gasteiger partial charge < -0.3 is 10.2 Å². The van der Waals surface area contributed by atoms with E-state index in [0.717, 1.165) is 47.4 Å². The summed E-state index contributed by atoms with van der Waals surface area (Å²) in [6, 6.07) is 9.64. The lowest BCUT2D eigenvalue weighted by molar-refractivity contribution is -0.139. The Balaban J connectivity index is 1.97. The van der Waals surface area contributed by atoms with Crippen molar-refractivity contribution in [3.63, 3.8) is 0 Å². The lowest BCUT2D eigenvalue weighted by Crippen LogP contribution is -2.52. The maximum Gasteiger partial charge on any atom is 0.244 e. The van der Waals surface area contributed by atoms with E-state index in [9.17, 15) is 18.0 Å². The first-order valence-electron chi connectivity index (χ1n) is 12.0. The van der Waals surface area contributed by atoms with Gasteiger partial charge in [0.2, 0.25) is 21.8 Å². The van der Waals surface area contributed by atoms with Crippen LogP contribution in [0.25, 0.3) is 0 Å². The molecule has 1 atom stereocenters. The molecule has 0 radical (unpaired) electrons. The molecule has 36 heavy (non-hydrogen) atoms. The number of aryl methyl sites for hydroxylation is 2.